The van der Waals surface area contributed by atoms with E-state index in [1.54, 1.807) is 0 Å². The van der Waals surface area contributed by atoms with Crippen LogP contribution in [0.15, 0.2) is 30.3 Å². The molecule has 0 radical (unpaired) electrons. The predicted molar refractivity (Wildman–Crippen MR) is 67.5 cm³/mol. The number of nitrogens with one attached hydrogen (secondary N) is 1. The van der Waals surface area contributed by atoms with E-state index in [0.717, 1.165) is 29.8 Å². The van der Waals surface area contributed by atoms with Gasteiger partial charge in [-0.15, -0.1) is 0 Å². The van der Waals surface area contributed by atoms with Crippen LogP contribution in [-0.2, 0) is 0 Å². The molecule has 16 heavy (non-hydrogen) atoms. The molecule has 1 aromatic rings. The Kier molecular flexibility index (Phi) is 2.51. The lowest BCUT2D eigenvalue weighted by Gasteiger charge is -2.42. The van der Waals surface area contributed by atoms with Crippen LogP contribution in [0.1, 0.15) is 38.2 Å². The summed E-state index contributed by atoms with van der Waals surface area (Å²) < 4.78 is 0. The molecule has 2 aliphatic rings. The zero-order valence-electron chi connectivity index (χ0n) is 10.2. The number of hydrogen-bond acceptors (Lipinski definition) is 1. The number of benzene rings is 1. The third-order valence-corrected chi connectivity index (χ3v) is 4.39. The fraction of sp³-hybridized carbons (Fsp3) is 0.600. The van der Waals surface area contributed by atoms with Crippen molar-refractivity contribution in [1.29, 1.82) is 0 Å². The van der Waals surface area contributed by atoms with Crippen molar-refractivity contribution in [3.63, 3.8) is 0 Å². The first kappa shape index (κ1) is 10.3. The average molecular weight is 215 g/mol. The van der Waals surface area contributed by atoms with Crippen LogP contribution in [0, 0.1) is 11.8 Å². The van der Waals surface area contributed by atoms with Crippen molar-refractivity contribution in [3.8, 4) is 0 Å². The summed E-state index contributed by atoms with van der Waals surface area (Å²) in [5.74, 6) is 2.54. The van der Waals surface area contributed by atoms with Crippen LogP contribution in [-0.4, -0.2) is 12.1 Å². The van der Waals surface area contributed by atoms with Crippen molar-refractivity contribution < 1.29 is 0 Å². The molecule has 1 nitrogen and oxygen atoms in total. The summed E-state index contributed by atoms with van der Waals surface area (Å²) >= 11 is 0. The zero-order valence-corrected chi connectivity index (χ0v) is 10.2. The smallest absolute Gasteiger partial charge is 0.0146 e. The van der Waals surface area contributed by atoms with Crippen molar-refractivity contribution >= 4 is 0 Å². The molecule has 0 saturated heterocycles. The van der Waals surface area contributed by atoms with Crippen molar-refractivity contribution in [2.75, 3.05) is 0 Å². The lowest BCUT2D eigenvalue weighted by Crippen LogP contribution is -2.50. The van der Waals surface area contributed by atoms with Crippen LogP contribution in [0.25, 0.3) is 0 Å². The third kappa shape index (κ3) is 1.78. The van der Waals surface area contributed by atoms with Gasteiger partial charge in [0.1, 0.15) is 0 Å². The van der Waals surface area contributed by atoms with Crippen molar-refractivity contribution in [1.82, 2.24) is 5.32 Å². The summed E-state index contributed by atoms with van der Waals surface area (Å²) in [6.45, 7) is 4.75. The first-order valence-corrected chi connectivity index (χ1v) is 6.56. The molecule has 2 aliphatic carbocycles. The summed E-state index contributed by atoms with van der Waals surface area (Å²) in [6, 6.07) is 12.5. The quantitative estimate of drug-likeness (QED) is 0.816. The Hall–Kier alpha value is -0.820. The van der Waals surface area contributed by atoms with Gasteiger partial charge in [-0.25, -0.2) is 0 Å². The highest BCUT2D eigenvalue weighted by molar-refractivity contribution is 5.28. The Morgan fingerprint density at radius 1 is 1.00 bits per heavy atom. The Bertz CT molecular complexity index is 351. The Balaban J connectivity index is 1.57. The van der Waals surface area contributed by atoms with E-state index in [1.807, 2.05) is 0 Å². The Morgan fingerprint density at radius 2 is 1.69 bits per heavy atom. The van der Waals surface area contributed by atoms with Gasteiger partial charge in [-0.05, 0) is 30.2 Å². The summed E-state index contributed by atoms with van der Waals surface area (Å²) in [5.41, 5.74) is 1.51. The van der Waals surface area contributed by atoms with E-state index < -0.39 is 0 Å². The lowest BCUT2D eigenvalue weighted by atomic mass is 9.72. The highest BCUT2D eigenvalue weighted by Gasteiger charge is 2.44. The molecular formula is C15H21N. The molecule has 0 unspecified atom stereocenters. The molecule has 86 valence electrons. The SMILES string of the molecule is C[C@@H]1C[C@H](C)[C@H]1N[C@@H]1C[C@H]1c1ccccc1. The van der Waals surface area contributed by atoms with Gasteiger partial charge in [0.15, 0.2) is 0 Å². The standard InChI is InChI=1S/C15H21N/c1-10-8-11(2)15(10)16-14-9-13(14)12-6-4-3-5-7-12/h3-7,10-11,13-16H,8-9H2,1-2H3/t10-,11+,13-,14+,15+/m0/s1. The molecule has 2 fully saturated rings. The number of hydrogen-bond donors (Lipinski definition) is 1. The van der Waals surface area contributed by atoms with Gasteiger partial charge in [-0.1, -0.05) is 44.2 Å². The second-order valence-electron chi connectivity index (χ2n) is 5.74. The molecule has 5 atom stereocenters. The molecule has 3 rings (SSSR count). The van der Waals surface area contributed by atoms with E-state index in [0.29, 0.717) is 0 Å². The normalized spacial score (nSPS) is 41.5. The monoisotopic (exact) mass is 215 g/mol. The van der Waals surface area contributed by atoms with E-state index >= 15 is 0 Å². The van der Waals surface area contributed by atoms with Gasteiger partial charge in [0.05, 0.1) is 0 Å². The van der Waals surface area contributed by atoms with E-state index in [9.17, 15) is 0 Å². The Labute approximate surface area is 98.3 Å². The maximum atomic E-state index is 3.84. The molecule has 1 N–H and O–H groups in total. The van der Waals surface area contributed by atoms with E-state index in [2.05, 4.69) is 49.5 Å². The second-order valence-corrected chi connectivity index (χ2v) is 5.74. The molecule has 1 heteroatoms. The molecular weight excluding hydrogens is 194 g/mol. The first-order chi connectivity index (χ1) is 7.75. The molecule has 1 aromatic carbocycles. The van der Waals surface area contributed by atoms with Crippen LogP contribution < -0.4 is 5.32 Å². The minimum absolute atomic E-state index is 0.748. The highest BCUT2D eigenvalue weighted by Crippen LogP contribution is 2.43. The maximum Gasteiger partial charge on any atom is 0.0146 e. The van der Waals surface area contributed by atoms with Gasteiger partial charge < -0.3 is 5.32 Å². The summed E-state index contributed by atoms with van der Waals surface area (Å²) in [5, 5.41) is 3.84. The largest absolute Gasteiger partial charge is 0.310 e. The van der Waals surface area contributed by atoms with Crippen LogP contribution >= 0.6 is 0 Å². The minimum Gasteiger partial charge on any atom is -0.310 e. The lowest BCUT2D eigenvalue weighted by molar-refractivity contribution is 0.137. The summed E-state index contributed by atoms with van der Waals surface area (Å²) in [6.07, 6.45) is 2.74. The van der Waals surface area contributed by atoms with Crippen LogP contribution in [0.3, 0.4) is 0 Å². The average Bonchev–Trinajstić information content (AvgIpc) is 3.07. The minimum atomic E-state index is 0.748. The zero-order chi connectivity index (χ0) is 11.1. The summed E-state index contributed by atoms with van der Waals surface area (Å²) in [4.78, 5) is 0. The predicted octanol–water partition coefficient (Wildman–Crippen LogP) is 3.18. The number of rotatable bonds is 3. The van der Waals surface area contributed by atoms with Gasteiger partial charge in [-0.3, -0.25) is 0 Å². The van der Waals surface area contributed by atoms with Crippen molar-refractivity contribution in [2.45, 2.75) is 44.7 Å². The molecule has 0 spiro atoms. The van der Waals surface area contributed by atoms with Crippen LogP contribution in [0.4, 0.5) is 0 Å². The van der Waals surface area contributed by atoms with E-state index in [4.69, 9.17) is 0 Å². The molecule has 0 heterocycles. The third-order valence-electron chi connectivity index (χ3n) is 4.39. The topological polar surface area (TPSA) is 12.0 Å². The van der Waals surface area contributed by atoms with Gasteiger partial charge in [0, 0.05) is 18.0 Å². The highest BCUT2D eigenvalue weighted by atomic mass is 15.0. The molecule has 0 bridgehead atoms. The fourth-order valence-corrected chi connectivity index (χ4v) is 3.27. The first-order valence-electron chi connectivity index (χ1n) is 6.56. The van der Waals surface area contributed by atoms with Gasteiger partial charge in [0.2, 0.25) is 0 Å². The Morgan fingerprint density at radius 3 is 2.31 bits per heavy atom. The molecule has 0 amide bonds. The van der Waals surface area contributed by atoms with Crippen molar-refractivity contribution in [2.24, 2.45) is 11.8 Å². The van der Waals surface area contributed by atoms with Crippen molar-refractivity contribution in [3.05, 3.63) is 35.9 Å². The fourth-order valence-electron chi connectivity index (χ4n) is 3.27. The van der Waals surface area contributed by atoms with Crippen LogP contribution in [0.2, 0.25) is 0 Å². The van der Waals surface area contributed by atoms with Gasteiger partial charge in [0.25, 0.3) is 0 Å². The van der Waals surface area contributed by atoms with E-state index in [1.165, 1.54) is 18.4 Å². The second kappa shape index (κ2) is 3.89. The van der Waals surface area contributed by atoms with Gasteiger partial charge >= 0.3 is 0 Å². The molecule has 2 saturated carbocycles. The van der Waals surface area contributed by atoms with E-state index in [-0.39, 0.29) is 0 Å². The maximum absolute atomic E-state index is 3.84. The van der Waals surface area contributed by atoms with Crippen LogP contribution in [0.5, 0.6) is 0 Å². The summed E-state index contributed by atoms with van der Waals surface area (Å²) in [7, 11) is 0. The van der Waals surface area contributed by atoms with Gasteiger partial charge in [-0.2, -0.15) is 0 Å². The molecule has 0 aliphatic heterocycles. The molecule has 0 aromatic heterocycles.